The van der Waals surface area contributed by atoms with E-state index in [1.165, 1.54) is 23.9 Å². The number of carbonyl (C=O) groups excluding carboxylic acids is 1. The Bertz CT molecular complexity index is 621. The number of anilines is 1. The van der Waals surface area contributed by atoms with E-state index < -0.39 is 5.97 Å². The molecule has 0 spiro atoms. The number of aryl methyl sites for hydroxylation is 1. The van der Waals surface area contributed by atoms with Crippen LogP contribution in [0.15, 0.2) is 22.2 Å². The molecule has 6 nitrogen and oxygen atoms in total. The summed E-state index contributed by atoms with van der Waals surface area (Å²) in [5.74, 6) is 0.247. The number of ether oxygens (including phenoxy) is 1. The number of halogens is 1. The predicted molar refractivity (Wildman–Crippen MR) is 77.1 cm³/mol. The first-order chi connectivity index (χ1) is 9.51. The Hall–Kier alpha value is -1.73. The Labute approximate surface area is 125 Å². The van der Waals surface area contributed by atoms with Crippen LogP contribution < -0.4 is 5.73 Å². The molecule has 0 bridgehead atoms. The molecule has 1 aromatic carbocycles. The lowest BCUT2D eigenvalue weighted by Gasteiger charge is -2.08. The number of esters is 1. The van der Waals surface area contributed by atoms with E-state index in [2.05, 4.69) is 15.2 Å². The molecule has 0 aliphatic carbocycles. The lowest BCUT2D eigenvalue weighted by atomic mass is 10.2. The lowest BCUT2D eigenvalue weighted by molar-refractivity contribution is 0.0526. The number of benzene rings is 1. The van der Waals surface area contributed by atoms with Crippen LogP contribution in [-0.2, 0) is 4.74 Å². The number of carbonyl (C=O) groups is 1. The molecule has 106 valence electrons. The van der Waals surface area contributed by atoms with Gasteiger partial charge in [0.1, 0.15) is 5.82 Å². The van der Waals surface area contributed by atoms with Crippen molar-refractivity contribution in [3.05, 3.63) is 28.5 Å². The minimum atomic E-state index is -0.452. The third kappa shape index (κ3) is 3.23. The molecule has 0 aliphatic heterocycles. The second-order valence-corrected chi connectivity index (χ2v) is 5.29. The summed E-state index contributed by atoms with van der Waals surface area (Å²) in [6.07, 6.45) is 0. The van der Waals surface area contributed by atoms with E-state index in [1.807, 2.05) is 0 Å². The highest BCUT2D eigenvalue weighted by molar-refractivity contribution is 7.99. The number of aromatic amines is 1. The van der Waals surface area contributed by atoms with Gasteiger partial charge >= 0.3 is 5.97 Å². The molecule has 3 N–H and O–H groups in total. The Morgan fingerprint density at radius 2 is 2.30 bits per heavy atom. The number of aromatic nitrogens is 3. The van der Waals surface area contributed by atoms with Crippen LogP contribution in [0.4, 0.5) is 5.69 Å². The summed E-state index contributed by atoms with van der Waals surface area (Å²) >= 11 is 7.39. The number of nitrogens with one attached hydrogen (secondary N) is 1. The second-order valence-electron chi connectivity index (χ2n) is 3.90. The van der Waals surface area contributed by atoms with Crippen LogP contribution in [0.3, 0.4) is 0 Å². The molecule has 0 aliphatic rings. The molecule has 0 saturated heterocycles. The molecule has 0 unspecified atom stereocenters. The summed E-state index contributed by atoms with van der Waals surface area (Å²) in [4.78, 5) is 16.4. The fourth-order valence-corrected chi connectivity index (χ4v) is 2.65. The largest absolute Gasteiger partial charge is 0.462 e. The van der Waals surface area contributed by atoms with Crippen LogP contribution in [0.2, 0.25) is 5.02 Å². The van der Waals surface area contributed by atoms with E-state index in [1.54, 1.807) is 13.8 Å². The van der Waals surface area contributed by atoms with Gasteiger partial charge in [-0.2, -0.15) is 0 Å². The van der Waals surface area contributed by atoms with Crippen molar-refractivity contribution in [1.82, 2.24) is 15.2 Å². The number of hydrogen-bond acceptors (Lipinski definition) is 6. The molecule has 0 atom stereocenters. The van der Waals surface area contributed by atoms with E-state index in [0.717, 1.165) is 0 Å². The third-order valence-electron chi connectivity index (χ3n) is 2.35. The predicted octanol–water partition coefficient (Wildman–Crippen LogP) is 2.68. The monoisotopic (exact) mass is 312 g/mol. The van der Waals surface area contributed by atoms with Gasteiger partial charge in [0, 0.05) is 5.69 Å². The van der Waals surface area contributed by atoms with Gasteiger partial charge in [0.15, 0.2) is 0 Å². The quantitative estimate of drug-likeness (QED) is 0.666. The maximum atomic E-state index is 11.6. The van der Waals surface area contributed by atoms with Gasteiger partial charge in [0.2, 0.25) is 5.16 Å². The average molecular weight is 313 g/mol. The summed E-state index contributed by atoms with van der Waals surface area (Å²) in [5.41, 5.74) is 6.64. The number of nitrogens with two attached hydrogens (primary N) is 1. The zero-order valence-corrected chi connectivity index (χ0v) is 12.5. The average Bonchev–Trinajstić information content (AvgIpc) is 2.79. The van der Waals surface area contributed by atoms with Crippen molar-refractivity contribution < 1.29 is 9.53 Å². The molecule has 20 heavy (non-hydrogen) atoms. The van der Waals surface area contributed by atoms with Crippen LogP contribution >= 0.6 is 23.4 Å². The third-order valence-corrected chi connectivity index (χ3v) is 3.79. The smallest absolute Gasteiger partial charge is 0.338 e. The molecular weight excluding hydrogens is 300 g/mol. The molecule has 0 amide bonds. The zero-order valence-electron chi connectivity index (χ0n) is 10.9. The fourth-order valence-electron chi connectivity index (χ4n) is 1.51. The Balaban J connectivity index is 2.29. The van der Waals surface area contributed by atoms with Crippen molar-refractivity contribution in [2.45, 2.75) is 23.9 Å². The van der Waals surface area contributed by atoms with Crippen LogP contribution in [0.5, 0.6) is 0 Å². The van der Waals surface area contributed by atoms with Crippen LogP contribution in [0.1, 0.15) is 23.1 Å². The van der Waals surface area contributed by atoms with Gasteiger partial charge in [-0.25, -0.2) is 9.78 Å². The number of hydrogen-bond donors (Lipinski definition) is 2. The van der Waals surface area contributed by atoms with Crippen molar-refractivity contribution >= 4 is 35.0 Å². The first-order valence-electron chi connectivity index (χ1n) is 5.84. The van der Waals surface area contributed by atoms with Crippen molar-refractivity contribution in [2.24, 2.45) is 0 Å². The summed E-state index contributed by atoms with van der Waals surface area (Å²) < 4.78 is 4.91. The topological polar surface area (TPSA) is 93.9 Å². The van der Waals surface area contributed by atoms with Gasteiger partial charge in [-0.05, 0) is 37.7 Å². The number of H-pyrrole nitrogens is 1. The molecule has 8 heteroatoms. The SMILES string of the molecule is CCOC(=O)c1cc(N)c(Sc2n[nH]c(C)n2)c(Cl)c1. The van der Waals surface area contributed by atoms with Gasteiger partial charge < -0.3 is 10.5 Å². The molecule has 2 rings (SSSR count). The van der Waals surface area contributed by atoms with Crippen LogP contribution in [0.25, 0.3) is 0 Å². The minimum absolute atomic E-state index is 0.295. The summed E-state index contributed by atoms with van der Waals surface area (Å²) in [6.45, 7) is 3.83. The standard InChI is InChI=1S/C12H13ClN4O2S/c1-3-19-11(18)7-4-8(13)10(9(14)5-7)20-12-15-6(2)16-17-12/h4-5H,3,14H2,1-2H3,(H,15,16,17). The maximum absolute atomic E-state index is 11.6. The zero-order chi connectivity index (χ0) is 14.7. The Morgan fingerprint density at radius 1 is 1.55 bits per heavy atom. The number of rotatable bonds is 4. The summed E-state index contributed by atoms with van der Waals surface area (Å²) in [6, 6.07) is 3.06. The molecule has 1 heterocycles. The normalized spacial score (nSPS) is 10.6. The molecule has 2 aromatic rings. The van der Waals surface area contributed by atoms with Gasteiger partial charge in [-0.3, -0.25) is 5.10 Å². The molecule has 1 aromatic heterocycles. The Kier molecular flexibility index (Phi) is 4.51. The van der Waals surface area contributed by atoms with Crippen LogP contribution in [-0.4, -0.2) is 27.8 Å². The van der Waals surface area contributed by atoms with E-state index in [9.17, 15) is 4.79 Å². The summed E-state index contributed by atoms with van der Waals surface area (Å²) in [7, 11) is 0. The molecule has 0 saturated carbocycles. The Morgan fingerprint density at radius 3 is 2.85 bits per heavy atom. The fraction of sp³-hybridized carbons (Fsp3) is 0.250. The van der Waals surface area contributed by atoms with Gasteiger partial charge in [0.25, 0.3) is 0 Å². The maximum Gasteiger partial charge on any atom is 0.338 e. The lowest BCUT2D eigenvalue weighted by Crippen LogP contribution is -2.06. The highest BCUT2D eigenvalue weighted by Gasteiger charge is 2.15. The van der Waals surface area contributed by atoms with Crippen LogP contribution in [0, 0.1) is 6.92 Å². The molecule has 0 fully saturated rings. The first kappa shape index (κ1) is 14.7. The molecular formula is C12H13ClN4O2S. The molecule has 0 radical (unpaired) electrons. The van der Waals surface area contributed by atoms with Crippen molar-refractivity contribution in [3.8, 4) is 0 Å². The second kappa shape index (κ2) is 6.15. The van der Waals surface area contributed by atoms with E-state index in [4.69, 9.17) is 22.1 Å². The van der Waals surface area contributed by atoms with Crippen molar-refractivity contribution in [3.63, 3.8) is 0 Å². The highest BCUT2D eigenvalue weighted by atomic mass is 35.5. The van der Waals surface area contributed by atoms with E-state index in [-0.39, 0.29) is 0 Å². The van der Waals surface area contributed by atoms with Gasteiger partial charge in [-0.15, -0.1) is 5.10 Å². The highest BCUT2D eigenvalue weighted by Crippen LogP contribution is 2.37. The van der Waals surface area contributed by atoms with E-state index in [0.29, 0.717) is 38.8 Å². The van der Waals surface area contributed by atoms with Crippen molar-refractivity contribution in [1.29, 1.82) is 0 Å². The number of nitrogens with zero attached hydrogens (tertiary/aromatic N) is 2. The number of nitrogen functional groups attached to an aromatic ring is 1. The summed E-state index contributed by atoms with van der Waals surface area (Å²) in [5, 5.41) is 7.61. The van der Waals surface area contributed by atoms with E-state index >= 15 is 0 Å². The van der Waals surface area contributed by atoms with Gasteiger partial charge in [0.05, 0.1) is 22.1 Å². The van der Waals surface area contributed by atoms with Gasteiger partial charge in [-0.1, -0.05) is 11.6 Å². The first-order valence-corrected chi connectivity index (χ1v) is 7.03. The minimum Gasteiger partial charge on any atom is -0.462 e. The van der Waals surface area contributed by atoms with Crippen molar-refractivity contribution in [2.75, 3.05) is 12.3 Å².